The molecule has 0 bridgehead atoms. The van der Waals surface area contributed by atoms with Crippen molar-refractivity contribution in [2.75, 3.05) is 38.2 Å². The van der Waals surface area contributed by atoms with E-state index in [1.54, 1.807) is 12.1 Å². The normalized spacial score (nSPS) is 16.1. The van der Waals surface area contributed by atoms with Crippen molar-refractivity contribution in [3.05, 3.63) is 18.3 Å². The molecule has 2 heterocycles. The van der Waals surface area contributed by atoms with Crippen LogP contribution in [0.5, 0.6) is 0 Å². The maximum Gasteiger partial charge on any atom is 0.244 e. The fourth-order valence-corrected chi connectivity index (χ4v) is 3.47. The molecule has 0 aliphatic carbocycles. The van der Waals surface area contributed by atoms with Crippen molar-refractivity contribution in [3.63, 3.8) is 0 Å². The van der Waals surface area contributed by atoms with E-state index in [1.807, 2.05) is 0 Å². The van der Waals surface area contributed by atoms with E-state index in [-0.39, 0.29) is 4.90 Å². The Bertz CT molecular complexity index is 604. The van der Waals surface area contributed by atoms with Gasteiger partial charge < -0.3 is 10.1 Å². The minimum absolute atomic E-state index is 0.199. The standard InChI is InChI=1S/C14H20N4O3S/c15-6-2-1-3-7-16-14-5-4-13(12-17-14)22(19,20)18-8-10-21-11-9-18/h4-5,12H,1-3,7-11H2,(H,16,17). The quantitative estimate of drug-likeness (QED) is 0.757. The van der Waals surface area contributed by atoms with Gasteiger partial charge in [0.1, 0.15) is 10.7 Å². The minimum Gasteiger partial charge on any atom is -0.379 e. The lowest BCUT2D eigenvalue weighted by atomic mass is 10.2. The van der Waals surface area contributed by atoms with Gasteiger partial charge in [-0.1, -0.05) is 0 Å². The first-order valence-corrected chi connectivity index (χ1v) is 8.73. The lowest BCUT2D eigenvalue weighted by Crippen LogP contribution is -2.40. The monoisotopic (exact) mass is 324 g/mol. The van der Waals surface area contributed by atoms with Crippen molar-refractivity contribution in [2.24, 2.45) is 0 Å². The maximum absolute atomic E-state index is 12.4. The summed E-state index contributed by atoms with van der Waals surface area (Å²) >= 11 is 0. The fraction of sp³-hybridized carbons (Fsp3) is 0.571. The highest BCUT2D eigenvalue weighted by Gasteiger charge is 2.26. The number of hydrogen-bond acceptors (Lipinski definition) is 6. The number of aromatic nitrogens is 1. The number of nitrogens with one attached hydrogen (secondary N) is 1. The van der Waals surface area contributed by atoms with E-state index in [4.69, 9.17) is 10.00 Å². The predicted octanol–water partition coefficient (Wildman–Crippen LogP) is 1.21. The molecular weight excluding hydrogens is 304 g/mol. The second kappa shape index (κ2) is 8.08. The number of sulfonamides is 1. The minimum atomic E-state index is -3.48. The van der Waals surface area contributed by atoms with Crippen LogP contribution in [0.25, 0.3) is 0 Å². The summed E-state index contributed by atoms with van der Waals surface area (Å²) in [6.45, 7) is 2.32. The second-order valence-corrected chi connectivity index (χ2v) is 6.88. The summed E-state index contributed by atoms with van der Waals surface area (Å²) in [6.07, 6.45) is 3.64. The lowest BCUT2D eigenvalue weighted by Gasteiger charge is -2.25. The predicted molar refractivity (Wildman–Crippen MR) is 81.8 cm³/mol. The van der Waals surface area contributed by atoms with Gasteiger partial charge in [0.25, 0.3) is 0 Å². The topological polar surface area (TPSA) is 95.3 Å². The molecular formula is C14H20N4O3S. The van der Waals surface area contributed by atoms with Gasteiger partial charge in [0.15, 0.2) is 0 Å². The van der Waals surface area contributed by atoms with Gasteiger partial charge in [0.05, 0.1) is 19.3 Å². The van der Waals surface area contributed by atoms with Crippen molar-refractivity contribution in [2.45, 2.75) is 24.2 Å². The molecule has 0 saturated carbocycles. The third kappa shape index (κ3) is 4.40. The smallest absolute Gasteiger partial charge is 0.244 e. The Hall–Kier alpha value is -1.69. The van der Waals surface area contributed by atoms with Crippen LogP contribution in [-0.4, -0.2) is 50.6 Å². The summed E-state index contributed by atoms with van der Waals surface area (Å²) in [5.74, 6) is 0.637. The first-order valence-electron chi connectivity index (χ1n) is 7.29. The highest BCUT2D eigenvalue weighted by molar-refractivity contribution is 7.89. The summed E-state index contributed by atoms with van der Waals surface area (Å²) in [5, 5.41) is 11.6. The number of ether oxygens (including phenoxy) is 1. The first-order chi connectivity index (χ1) is 10.6. The largest absolute Gasteiger partial charge is 0.379 e. The highest BCUT2D eigenvalue weighted by Crippen LogP contribution is 2.17. The van der Waals surface area contributed by atoms with E-state index < -0.39 is 10.0 Å². The second-order valence-electron chi connectivity index (χ2n) is 4.94. The van der Waals surface area contributed by atoms with E-state index >= 15 is 0 Å². The lowest BCUT2D eigenvalue weighted by molar-refractivity contribution is 0.0730. The number of nitriles is 1. The third-order valence-corrected chi connectivity index (χ3v) is 5.25. The van der Waals surface area contributed by atoms with E-state index in [1.165, 1.54) is 10.5 Å². The Morgan fingerprint density at radius 2 is 2.09 bits per heavy atom. The number of hydrogen-bond donors (Lipinski definition) is 1. The molecule has 1 aliphatic rings. The van der Waals surface area contributed by atoms with Crippen LogP contribution in [-0.2, 0) is 14.8 Å². The number of morpholine rings is 1. The summed E-state index contributed by atoms with van der Waals surface area (Å²) in [5.41, 5.74) is 0. The number of pyridine rings is 1. The van der Waals surface area contributed by atoms with Gasteiger partial charge in [-0.15, -0.1) is 0 Å². The van der Waals surface area contributed by atoms with Crippen LogP contribution in [0.15, 0.2) is 23.2 Å². The van der Waals surface area contributed by atoms with Gasteiger partial charge in [0, 0.05) is 32.3 Å². The van der Waals surface area contributed by atoms with Gasteiger partial charge in [-0.3, -0.25) is 0 Å². The number of nitrogens with zero attached hydrogens (tertiary/aromatic N) is 3. The average molecular weight is 324 g/mol. The molecule has 22 heavy (non-hydrogen) atoms. The number of rotatable bonds is 7. The molecule has 1 aliphatic heterocycles. The van der Waals surface area contributed by atoms with Crippen LogP contribution in [0, 0.1) is 11.3 Å². The van der Waals surface area contributed by atoms with Crippen LogP contribution < -0.4 is 5.32 Å². The van der Waals surface area contributed by atoms with Crippen molar-refractivity contribution < 1.29 is 13.2 Å². The molecule has 1 aromatic heterocycles. The molecule has 0 radical (unpaired) electrons. The van der Waals surface area contributed by atoms with Crippen molar-refractivity contribution in [1.82, 2.24) is 9.29 Å². The zero-order valence-corrected chi connectivity index (χ0v) is 13.2. The van der Waals surface area contributed by atoms with Gasteiger partial charge >= 0.3 is 0 Å². The Kier molecular flexibility index (Phi) is 6.12. The average Bonchev–Trinajstić information content (AvgIpc) is 2.56. The molecule has 120 valence electrons. The molecule has 1 aromatic rings. The Morgan fingerprint density at radius 1 is 1.32 bits per heavy atom. The van der Waals surface area contributed by atoms with Crippen LogP contribution in [0.2, 0.25) is 0 Å². The van der Waals surface area contributed by atoms with Gasteiger partial charge in [-0.05, 0) is 25.0 Å². The molecule has 1 saturated heterocycles. The summed E-state index contributed by atoms with van der Waals surface area (Å²) < 4.78 is 31.4. The van der Waals surface area contributed by atoms with E-state index in [2.05, 4.69) is 16.4 Å². The fourth-order valence-electron chi connectivity index (χ4n) is 2.12. The molecule has 8 heteroatoms. The van der Waals surface area contributed by atoms with Gasteiger partial charge in [-0.25, -0.2) is 13.4 Å². The van der Waals surface area contributed by atoms with Gasteiger partial charge in [0.2, 0.25) is 10.0 Å². The molecule has 0 unspecified atom stereocenters. The number of anilines is 1. The zero-order chi connectivity index (χ0) is 15.8. The van der Waals surface area contributed by atoms with Crippen molar-refractivity contribution in [3.8, 4) is 6.07 Å². The number of unbranched alkanes of at least 4 members (excludes halogenated alkanes) is 2. The van der Waals surface area contributed by atoms with Crippen molar-refractivity contribution in [1.29, 1.82) is 5.26 Å². The Morgan fingerprint density at radius 3 is 2.73 bits per heavy atom. The molecule has 0 amide bonds. The van der Waals surface area contributed by atoms with E-state index in [0.29, 0.717) is 45.1 Å². The van der Waals surface area contributed by atoms with Crippen LogP contribution in [0.4, 0.5) is 5.82 Å². The summed E-state index contributed by atoms with van der Waals surface area (Å²) in [7, 11) is -3.48. The Balaban J connectivity index is 1.92. The molecule has 1 fully saturated rings. The van der Waals surface area contributed by atoms with Gasteiger partial charge in [-0.2, -0.15) is 9.57 Å². The zero-order valence-electron chi connectivity index (χ0n) is 12.4. The summed E-state index contributed by atoms with van der Waals surface area (Å²) in [6, 6.07) is 5.33. The van der Waals surface area contributed by atoms with Crippen LogP contribution in [0.1, 0.15) is 19.3 Å². The highest BCUT2D eigenvalue weighted by atomic mass is 32.2. The van der Waals surface area contributed by atoms with Crippen LogP contribution in [0.3, 0.4) is 0 Å². The van der Waals surface area contributed by atoms with E-state index in [9.17, 15) is 8.42 Å². The molecule has 0 aromatic carbocycles. The SMILES string of the molecule is N#CCCCCNc1ccc(S(=O)(=O)N2CCOCC2)cn1. The molecule has 7 nitrogen and oxygen atoms in total. The molecule has 0 atom stereocenters. The third-order valence-electron chi connectivity index (χ3n) is 3.37. The summed E-state index contributed by atoms with van der Waals surface area (Å²) in [4.78, 5) is 4.34. The Labute approximate surface area is 131 Å². The molecule has 1 N–H and O–H groups in total. The molecule has 0 spiro atoms. The van der Waals surface area contributed by atoms with Crippen molar-refractivity contribution >= 4 is 15.8 Å². The molecule has 2 rings (SSSR count). The first kappa shape index (κ1) is 16.7. The van der Waals surface area contributed by atoms with Crippen LogP contribution >= 0.6 is 0 Å². The van der Waals surface area contributed by atoms with E-state index in [0.717, 1.165) is 12.8 Å². The maximum atomic E-state index is 12.4.